The standard InChI is InChI=1S/C11H11N/c1-9-5-2-3-6-10-7-4-8-12-11(9)10/h2-9H,1H3. The Morgan fingerprint density at radius 2 is 2.25 bits per heavy atom. The monoisotopic (exact) mass is 157 g/mol. The molecule has 0 amide bonds. The number of nitrogens with zero attached hydrogens (tertiary/aromatic N) is 1. The van der Waals surface area contributed by atoms with Gasteiger partial charge in [-0.15, -0.1) is 0 Å². The van der Waals surface area contributed by atoms with Gasteiger partial charge in [0, 0.05) is 12.1 Å². The van der Waals surface area contributed by atoms with Gasteiger partial charge in [-0.3, -0.25) is 4.98 Å². The van der Waals surface area contributed by atoms with Crippen LogP contribution in [-0.4, -0.2) is 4.98 Å². The molecule has 1 atom stereocenters. The highest BCUT2D eigenvalue weighted by molar-refractivity contribution is 5.56. The molecule has 1 unspecified atom stereocenters. The van der Waals surface area contributed by atoms with Gasteiger partial charge in [0.2, 0.25) is 0 Å². The maximum Gasteiger partial charge on any atom is 0.0541 e. The second-order valence-corrected chi connectivity index (χ2v) is 3.01. The third-order valence-corrected chi connectivity index (χ3v) is 2.09. The van der Waals surface area contributed by atoms with Crippen molar-refractivity contribution in [2.75, 3.05) is 0 Å². The van der Waals surface area contributed by atoms with Crippen molar-refractivity contribution < 1.29 is 0 Å². The van der Waals surface area contributed by atoms with Crippen molar-refractivity contribution in [3.8, 4) is 0 Å². The van der Waals surface area contributed by atoms with E-state index in [-0.39, 0.29) is 0 Å². The van der Waals surface area contributed by atoms with Crippen LogP contribution in [-0.2, 0) is 0 Å². The van der Waals surface area contributed by atoms with Crippen LogP contribution in [0.25, 0.3) is 6.08 Å². The molecule has 1 nitrogen and oxygen atoms in total. The van der Waals surface area contributed by atoms with Crippen molar-refractivity contribution in [2.45, 2.75) is 12.8 Å². The first-order valence-electron chi connectivity index (χ1n) is 4.18. The van der Waals surface area contributed by atoms with Gasteiger partial charge in [-0.05, 0) is 11.6 Å². The van der Waals surface area contributed by atoms with Crippen LogP contribution in [0.1, 0.15) is 24.1 Å². The summed E-state index contributed by atoms with van der Waals surface area (Å²) in [4.78, 5) is 4.36. The van der Waals surface area contributed by atoms with Crippen LogP contribution in [0.3, 0.4) is 0 Å². The van der Waals surface area contributed by atoms with Crippen LogP contribution >= 0.6 is 0 Å². The summed E-state index contributed by atoms with van der Waals surface area (Å²) in [6.07, 6.45) is 10.2. The zero-order chi connectivity index (χ0) is 8.39. The third-order valence-electron chi connectivity index (χ3n) is 2.09. The molecule has 1 aliphatic rings. The van der Waals surface area contributed by atoms with E-state index < -0.39 is 0 Å². The number of pyridine rings is 1. The molecule has 0 bridgehead atoms. The first kappa shape index (κ1) is 7.29. The van der Waals surface area contributed by atoms with E-state index in [4.69, 9.17) is 0 Å². The van der Waals surface area contributed by atoms with Gasteiger partial charge in [0.15, 0.2) is 0 Å². The maximum atomic E-state index is 4.36. The normalized spacial score (nSPS) is 20.2. The Balaban J connectivity index is 2.56. The molecule has 12 heavy (non-hydrogen) atoms. The van der Waals surface area contributed by atoms with Gasteiger partial charge < -0.3 is 0 Å². The molecule has 2 rings (SSSR count). The fourth-order valence-corrected chi connectivity index (χ4v) is 1.43. The fourth-order valence-electron chi connectivity index (χ4n) is 1.43. The summed E-state index contributed by atoms with van der Waals surface area (Å²) in [5.41, 5.74) is 2.40. The van der Waals surface area contributed by atoms with Gasteiger partial charge in [0.25, 0.3) is 0 Å². The summed E-state index contributed by atoms with van der Waals surface area (Å²) in [5, 5.41) is 0. The SMILES string of the molecule is CC1C=CC=Cc2cccnc21. The average molecular weight is 157 g/mol. The minimum absolute atomic E-state index is 0.427. The Bertz CT molecular complexity index is 337. The zero-order valence-electron chi connectivity index (χ0n) is 7.07. The van der Waals surface area contributed by atoms with Crippen molar-refractivity contribution >= 4 is 6.08 Å². The highest BCUT2D eigenvalue weighted by atomic mass is 14.7. The van der Waals surface area contributed by atoms with Gasteiger partial charge in [0.1, 0.15) is 0 Å². The van der Waals surface area contributed by atoms with E-state index in [1.54, 1.807) is 0 Å². The molecule has 1 aromatic rings. The Morgan fingerprint density at radius 1 is 1.33 bits per heavy atom. The van der Waals surface area contributed by atoms with Crippen LogP contribution in [0.5, 0.6) is 0 Å². The molecule has 0 aromatic carbocycles. The van der Waals surface area contributed by atoms with Crippen molar-refractivity contribution in [3.63, 3.8) is 0 Å². The zero-order valence-corrected chi connectivity index (χ0v) is 7.07. The van der Waals surface area contributed by atoms with Gasteiger partial charge >= 0.3 is 0 Å². The molecule has 0 radical (unpaired) electrons. The minimum Gasteiger partial charge on any atom is -0.260 e. The number of hydrogen-bond donors (Lipinski definition) is 0. The van der Waals surface area contributed by atoms with Gasteiger partial charge in [-0.25, -0.2) is 0 Å². The lowest BCUT2D eigenvalue weighted by atomic mass is 10.0. The third kappa shape index (κ3) is 1.18. The van der Waals surface area contributed by atoms with E-state index in [2.05, 4.69) is 42.3 Å². The number of aromatic nitrogens is 1. The number of hydrogen-bond acceptors (Lipinski definition) is 1. The fraction of sp³-hybridized carbons (Fsp3) is 0.182. The van der Waals surface area contributed by atoms with Gasteiger partial charge in [-0.2, -0.15) is 0 Å². The lowest BCUT2D eigenvalue weighted by Crippen LogP contribution is -1.95. The quantitative estimate of drug-likeness (QED) is 0.564. The Kier molecular flexibility index (Phi) is 1.78. The summed E-state index contributed by atoms with van der Waals surface area (Å²) in [5.74, 6) is 0.427. The number of fused-ring (bicyclic) bond motifs is 1. The van der Waals surface area contributed by atoms with E-state index in [1.165, 1.54) is 11.3 Å². The van der Waals surface area contributed by atoms with Crippen LogP contribution in [0, 0.1) is 0 Å². The summed E-state index contributed by atoms with van der Waals surface area (Å²) in [6.45, 7) is 2.16. The molecule has 0 aliphatic heterocycles. The second kappa shape index (κ2) is 2.94. The van der Waals surface area contributed by atoms with Crippen molar-refractivity contribution in [2.24, 2.45) is 0 Å². The van der Waals surface area contributed by atoms with Crippen LogP contribution in [0.2, 0.25) is 0 Å². The van der Waals surface area contributed by atoms with Crippen LogP contribution < -0.4 is 0 Å². The highest BCUT2D eigenvalue weighted by Crippen LogP contribution is 2.21. The molecule has 60 valence electrons. The van der Waals surface area contributed by atoms with Crippen molar-refractivity contribution in [1.82, 2.24) is 4.98 Å². The highest BCUT2D eigenvalue weighted by Gasteiger charge is 2.07. The summed E-state index contributed by atoms with van der Waals surface area (Å²) in [7, 11) is 0. The molecule has 1 aromatic heterocycles. The molecule has 1 heteroatoms. The molecule has 0 N–H and O–H groups in total. The smallest absolute Gasteiger partial charge is 0.0541 e. The largest absolute Gasteiger partial charge is 0.260 e. The average Bonchev–Trinajstić information content (AvgIpc) is 2.29. The Morgan fingerprint density at radius 3 is 3.17 bits per heavy atom. The molecule has 1 aliphatic carbocycles. The second-order valence-electron chi connectivity index (χ2n) is 3.01. The number of rotatable bonds is 0. The summed E-state index contributed by atoms with van der Waals surface area (Å²) >= 11 is 0. The first-order chi connectivity index (χ1) is 5.88. The van der Waals surface area contributed by atoms with E-state index in [0.29, 0.717) is 5.92 Å². The van der Waals surface area contributed by atoms with E-state index >= 15 is 0 Å². The molecule has 0 fully saturated rings. The molecular formula is C11H11N. The molecule has 1 heterocycles. The number of allylic oxidation sites excluding steroid dienone is 3. The first-order valence-corrected chi connectivity index (χ1v) is 4.18. The lowest BCUT2D eigenvalue weighted by molar-refractivity contribution is 0.905. The Labute approximate surface area is 72.5 Å². The van der Waals surface area contributed by atoms with Gasteiger partial charge in [0.05, 0.1) is 5.69 Å². The summed E-state index contributed by atoms with van der Waals surface area (Å²) in [6, 6.07) is 4.07. The molecule has 0 spiro atoms. The van der Waals surface area contributed by atoms with Crippen LogP contribution in [0.4, 0.5) is 0 Å². The van der Waals surface area contributed by atoms with Gasteiger partial charge in [-0.1, -0.05) is 37.3 Å². The van der Waals surface area contributed by atoms with Crippen molar-refractivity contribution in [1.29, 1.82) is 0 Å². The lowest BCUT2D eigenvalue weighted by Gasteiger charge is -2.06. The summed E-state index contributed by atoms with van der Waals surface area (Å²) < 4.78 is 0. The van der Waals surface area contributed by atoms with Crippen molar-refractivity contribution in [3.05, 3.63) is 47.8 Å². The predicted molar refractivity (Wildman–Crippen MR) is 50.8 cm³/mol. The van der Waals surface area contributed by atoms with Crippen LogP contribution in [0.15, 0.2) is 36.6 Å². The topological polar surface area (TPSA) is 12.9 Å². The molecule has 0 saturated carbocycles. The molecular weight excluding hydrogens is 146 g/mol. The van der Waals surface area contributed by atoms with E-state index in [1.807, 2.05) is 12.3 Å². The molecule has 0 saturated heterocycles. The Hall–Kier alpha value is -1.37. The van der Waals surface area contributed by atoms with E-state index in [0.717, 1.165) is 0 Å². The van der Waals surface area contributed by atoms with E-state index in [9.17, 15) is 0 Å². The maximum absolute atomic E-state index is 4.36. The minimum atomic E-state index is 0.427. The predicted octanol–water partition coefficient (Wildman–Crippen LogP) is 2.77.